The van der Waals surface area contributed by atoms with Gasteiger partial charge < -0.3 is 9.88 Å². The maximum Gasteiger partial charge on any atom is 0.264 e. The van der Waals surface area contributed by atoms with Crippen LogP contribution in [0.15, 0.2) is 76.6 Å². The quantitative estimate of drug-likeness (QED) is 0.612. The van der Waals surface area contributed by atoms with Crippen molar-refractivity contribution >= 4 is 27.5 Å². The summed E-state index contributed by atoms with van der Waals surface area (Å²) >= 11 is 0. The Morgan fingerprint density at radius 1 is 0.968 bits per heavy atom. The number of carbonyl (C=O) groups is 2. The Labute approximate surface area is 179 Å². The van der Waals surface area contributed by atoms with Gasteiger partial charge in [0.15, 0.2) is 0 Å². The number of pyridine rings is 1. The molecule has 2 N–H and O–H groups in total. The minimum atomic E-state index is -3.97. The van der Waals surface area contributed by atoms with Gasteiger partial charge in [0.2, 0.25) is 5.91 Å². The molecule has 160 valence electrons. The molecule has 0 saturated heterocycles. The molecule has 0 atom stereocenters. The summed E-state index contributed by atoms with van der Waals surface area (Å²) in [5.41, 5.74) is 1.84. The third-order valence-corrected chi connectivity index (χ3v) is 6.02. The summed E-state index contributed by atoms with van der Waals surface area (Å²) in [6.45, 7) is 3.38. The SMILES string of the molecule is CC(=O)NS(=O)(=O)c1ccc(NC(=O)c2cccn(Cc3ccccc3C)c2=O)cc1. The number of hydrogen-bond donors (Lipinski definition) is 2. The molecule has 8 nitrogen and oxygen atoms in total. The van der Waals surface area contributed by atoms with Crippen LogP contribution in [0.5, 0.6) is 0 Å². The molecule has 0 unspecified atom stereocenters. The molecule has 1 aromatic heterocycles. The van der Waals surface area contributed by atoms with E-state index in [9.17, 15) is 22.8 Å². The lowest BCUT2D eigenvalue weighted by Crippen LogP contribution is -2.29. The van der Waals surface area contributed by atoms with Crippen LogP contribution >= 0.6 is 0 Å². The first-order chi connectivity index (χ1) is 14.7. The van der Waals surface area contributed by atoms with Crippen LogP contribution in [0.2, 0.25) is 0 Å². The highest BCUT2D eigenvalue weighted by atomic mass is 32.2. The topological polar surface area (TPSA) is 114 Å². The zero-order valence-corrected chi connectivity index (χ0v) is 17.8. The number of aromatic nitrogens is 1. The van der Waals surface area contributed by atoms with Crippen molar-refractivity contribution in [3.8, 4) is 0 Å². The first-order valence-electron chi connectivity index (χ1n) is 9.36. The number of carbonyl (C=O) groups excluding carboxylic acids is 2. The van der Waals surface area contributed by atoms with Crippen LogP contribution in [0, 0.1) is 6.92 Å². The van der Waals surface area contributed by atoms with E-state index in [0.29, 0.717) is 12.2 Å². The molecule has 0 fully saturated rings. The molecule has 0 aliphatic heterocycles. The molecule has 0 aliphatic rings. The number of aryl methyl sites for hydroxylation is 1. The van der Waals surface area contributed by atoms with E-state index in [0.717, 1.165) is 18.1 Å². The molecule has 3 rings (SSSR count). The van der Waals surface area contributed by atoms with Crippen molar-refractivity contribution in [3.05, 3.63) is 93.9 Å². The summed E-state index contributed by atoms with van der Waals surface area (Å²) in [4.78, 5) is 36.3. The lowest BCUT2D eigenvalue weighted by molar-refractivity contribution is -0.117. The summed E-state index contributed by atoms with van der Waals surface area (Å²) in [6.07, 6.45) is 1.62. The van der Waals surface area contributed by atoms with E-state index in [1.807, 2.05) is 35.9 Å². The van der Waals surface area contributed by atoms with Crippen molar-refractivity contribution < 1.29 is 18.0 Å². The van der Waals surface area contributed by atoms with Gasteiger partial charge >= 0.3 is 0 Å². The second-order valence-electron chi connectivity index (χ2n) is 6.92. The molecular weight excluding hydrogens is 418 g/mol. The van der Waals surface area contributed by atoms with Gasteiger partial charge in [-0.25, -0.2) is 13.1 Å². The van der Waals surface area contributed by atoms with E-state index < -0.39 is 27.4 Å². The van der Waals surface area contributed by atoms with E-state index in [1.165, 1.54) is 34.9 Å². The Morgan fingerprint density at radius 2 is 1.65 bits per heavy atom. The summed E-state index contributed by atoms with van der Waals surface area (Å²) in [7, 11) is -3.97. The Morgan fingerprint density at radius 3 is 2.29 bits per heavy atom. The Bertz CT molecular complexity index is 1300. The van der Waals surface area contributed by atoms with E-state index in [2.05, 4.69) is 5.32 Å². The molecule has 0 radical (unpaired) electrons. The third kappa shape index (κ3) is 5.26. The molecule has 2 aromatic carbocycles. The summed E-state index contributed by atoms with van der Waals surface area (Å²) in [6, 6.07) is 16.0. The number of anilines is 1. The molecule has 31 heavy (non-hydrogen) atoms. The number of benzene rings is 2. The highest BCUT2D eigenvalue weighted by Crippen LogP contribution is 2.15. The Kier molecular flexibility index (Phi) is 6.36. The highest BCUT2D eigenvalue weighted by Gasteiger charge is 2.16. The van der Waals surface area contributed by atoms with Crippen molar-refractivity contribution in [2.45, 2.75) is 25.3 Å². The van der Waals surface area contributed by atoms with E-state index >= 15 is 0 Å². The van der Waals surface area contributed by atoms with Gasteiger partial charge in [0, 0.05) is 18.8 Å². The average molecular weight is 439 g/mol. The van der Waals surface area contributed by atoms with E-state index in [-0.39, 0.29) is 10.5 Å². The largest absolute Gasteiger partial charge is 0.322 e. The molecule has 0 bridgehead atoms. The van der Waals surface area contributed by atoms with Crippen LogP contribution in [0.1, 0.15) is 28.4 Å². The average Bonchev–Trinajstić information content (AvgIpc) is 2.70. The number of nitrogens with one attached hydrogen (secondary N) is 2. The van der Waals surface area contributed by atoms with Crippen molar-refractivity contribution in [3.63, 3.8) is 0 Å². The predicted octanol–water partition coefficient (Wildman–Crippen LogP) is 2.28. The maximum absolute atomic E-state index is 12.8. The maximum atomic E-state index is 12.8. The predicted molar refractivity (Wildman–Crippen MR) is 116 cm³/mol. The van der Waals surface area contributed by atoms with Crippen LogP contribution in [0.3, 0.4) is 0 Å². The van der Waals surface area contributed by atoms with Gasteiger partial charge in [-0.1, -0.05) is 24.3 Å². The molecule has 3 aromatic rings. The van der Waals surface area contributed by atoms with Crippen LogP contribution in [-0.2, 0) is 21.4 Å². The summed E-state index contributed by atoms with van der Waals surface area (Å²) < 4.78 is 27.3. The molecule has 0 spiro atoms. The number of sulfonamides is 1. The van der Waals surface area contributed by atoms with Crippen LogP contribution in [-0.4, -0.2) is 24.8 Å². The fraction of sp³-hybridized carbons (Fsp3) is 0.136. The van der Waals surface area contributed by atoms with Crippen molar-refractivity contribution in [1.82, 2.24) is 9.29 Å². The van der Waals surface area contributed by atoms with E-state index in [4.69, 9.17) is 0 Å². The molecule has 0 saturated carbocycles. The number of amides is 2. The Balaban J connectivity index is 1.79. The van der Waals surface area contributed by atoms with Gasteiger partial charge in [0.25, 0.3) is 21.5 Å². The Hall–Kier alpha value is -3.72. The molecular formula is C22H21N3O5S. The van der Waals surface area contributed by atoms with Crippen LogP contribution in [0.4, 0.5) is 5.69 Å². The van der Waals surface area contributed by atoms with Gasteiger partial charge in [-0.3, -0.25) is 14.4 Å². The zero-order valence-electron chi connectivity index (χ0n) is 17.0. The fourth-order valence-electron chi connectivity index (χ4n) is 2.97. The fourth-order valence-corrected chi connectivity index (χ4v) is 3.96. The standard InChI is InChI=1S/C22H21N3O5S/c1-15-6-3-4-7-17(15)14-25-13-5-8-20(22(25)28)21(27)23-18-9-11-19(12-10-18)31(29,30)24-16(2)26/h3-13H,14H2,1-2H3,(H,23,27)(H,24,26). The first kappa shape index (κ1) is 22.0. The first-order valence-corrected chi connectivity index (χ1v) is 10.8. The van der Waals surface area contributed by atoms with Crippen LogP contribution < -0.4 is 15.6 Å². The minimum Gasteiger partial charge on any atom is -0.322 e. The number of hydrogen-bond acceptors (Lipinski definition) is 5. The molecule has 2 amide bonds. The second kappa shape index (κ2) is 8.97. The molecule has 1 heterocycles. The second-order valence-corrected chi connectivity index (χ2v) is 8.60. The van der Waals surface area contributed by atoms with Crippen molar-refractivity contribution in [2.24, 2.45) is 0 Å². The van der Waals surface area contributed by atoms with Gasteiger partial charge in [0.1, 0.15) is 5.56 Å². The van der Waals surface area contributed by atoms with Gasteiger partial charge in [-0.2, -0.15) is 0 Å². The smallest absolute Gasteiger partial charge is 0.264 e. The highest BCUT2D eigenvalue weighted by molar-refractivity contribution is 7.90. The van der Waals surface area contributed by atoms with Crippen molar-refractivity contribution in [1.29, 1.82) is 0 Å². The van der Waals surface area contributed by atoms with Gasteiger partial charge in [-0.05, 0) is 54.4 Å². The normalized spacial score (nSPS) is 11.0. The summed E-state index contributed by atoms with van der Waals surface area (Å²) in [5.74, 6) is -1.31. The van der Waals surface area contributed by atoms with Crippen LogP contribution in [0.25, 0.3) is 0 Å². The lowest BCUT2D eigenvalue weighted by atomic mass is 10.1. The zero-order chi connectivity index (χ0) is 22.6. The number of nitrogens with zero attached hydrogens (tertiary/aromatic N) is 1. The van der Waals surface area contributed by atoms with Crippen molar-refractivity contribution in [2.75, 3.05) is 5.32 Å². The van der Waals surface area contributed by atoms with E-state index in [1.54, 1.807) is 12.3 Å². The minimum absolute atomic E-state index is 0.0361. The molecule has 9 heteroatoms. The lowest BCUT2D eigenvalue weighted by Gasteiger charge is -2.11. The van der Waals surface area contributed by atoms with Gasteiger partial charge in [-0.15, -0.1) is 0 Å². The molecule has 0 aliphatic carbocycles. The summed E-state index contributed by atoms with van der Waals surface area (Å²) in [5, 5.41) is 2.59. The number of rotatable bonds is 6. The monoisotopic (exact) mass is 439 g/mol. The third-order valence-electron chi connectivity index (χ3n) is 4.57. The van der Waals surface area contributed by atoms with Gasteiger partial charge in [0.05, 0.1) is 11.4 Å².